The Kier molecular flexibility index (Phi) is 6.44. The van der Waals surface area contributed by atoms with E-state index >= 15 is 0 Å². The molecular formula is C35H30FN7O2. The predicted molar refractivity (Wildman–Crippen MR) is 169 cm³/mol. The first-order valence-corrected chi connectivity index (χ1v) is 15.2. The van der Waals surface area contributed by atoms with Crippen LogP contribution in [-0.2, 0) is 13.6 Å². The summed E-state index contributed by atoms with van der Waals surface area (Å²) in [7, 11) is 1.83. The summed E-state index contributed by atoms with van der Waals surface area (Å²) >= 11 is 0. The first-order chi connectivity index (χ1) is 21.9. The summed E-state index contributed by atoms with van der Waals surface area (Å²) < 4.78 is 15.3. The summed E-state index contributed by atoms with van der Waals surface area (Å²) in [5.74, 6) is -0.168. The minimum atomic E-state index is -0.315. The van der Waals surface area contributed by atoms with Crippen molar-refractivity contribution in [1.29, 1.82) is 0 Å². The highest BCUT2D eigenvalue weighted by Crippen LogP contribution is 2.37. The van der Waals surface area contributed by atoms with Crippen LogP contribution < -0.4 is 0 Å². The summed E-state index contributed by atoms with van der Waals surface area (Å²) in [5.41, 5.74) is 6.59. The molecule has 1 fully saturated rings. The number of halogens is 1. The second-order valence-corrected chi connectivity index (χ2v) is 11.9. The number of amides is 2. The van der Waals surface area contributed by atoms with E-state index in [1.807, 2.05) is 59.4 Å². The van der Waals surface area contributed by atoms with Crippen LogP contribution in [0.25, 0.3) is 44.2 Å². The highest BCUT2D eigenvalue weighted by molar-refractivity contribution is 6.13. The number of piperidine rings is 1. The van der Waals surface area contributed by atoms with Crippen molar-refractivity contribution in [2.45, 2.75) is 19.4 Å². The number of rotatable bonds is 5. The van der Waals surface area contributed by atoms with Crippen molar-refractivity contribution in [1.82, 2.24) is 34.5 Å². The van der Waals surface area contributed by atoms with E-state index in [9.17, 15) is 14.0 Å². The molecule has 224 valence electrons. The number of nitrogens with zero attached hydrogens (tertiary/aromatic N) is 6. The zero-order valence-electron chi connectivity index (χ0n) is 24.7. The van der Waals surface area contributed by atoms with Gasteiger partial charge >= 0.3 is 0 Å². The van der Waals surface area contributed by atoms with Gasteiger partial charge in [0.05, 0.1) is 23.3 Å². The van der Waals surface area contributed by atoms with Gasteiger partial charge in [-0.3, -0.25) is 19.3 Å². The van der Waals surface area contributed by atoms with Gasteiger partial charge in [0.15, 0.2) is 5.69 Å². The molecule has 1 saturated heterocycles. The Balaban J connectivity index is 0.980. The summed E-state index contributed by atoms with van der Waals surface area (Å²) in [6, 6.07) is 18.0. The second kappa shape index (κ2) is 10.7. The molecule has 4 aromatic heterocycles. The van der Waals surface area contributed by atoms with Gasteiger partial charge in [0, 0.05) is 78.3 Å². The third kappa shape index (κ3) is 4.64. The second-order valence-electron chi connectivity index (χ2n) is 11.9. The summed E-state index contributed by atoms with van der Waals surface area (Å²) in [4.78, 5) is 43.6. The van der Waals surface area contributed by atoms with E-state index < -0.39 is 0 Å². The molecule has 1 N–H and O–H groups in total. The van der Waals surface area contributed by atoms with Gasteiger partial charge < -0.3 is 14.8 Å². The summed E-state index contributed by atoms with van der Waals surface area (Å²) in [5, 5.41) is 6.70. The number of likely N-dealkylation sites (tertiary alicyclic amines) is 1. The Morgan fingerprint density at radius 1 is 0.956 bits per heavy atom. The lowest BCUT2D eigenvalue weighted by Crippen LogP contribution is -2.42. The van der Waals surface area contributed by atoms with Crippen LogP contribution in [0.1, 0.15) is 39.4 Å². The van der Waals surface area contributed by atoms with E-state index in [2.05, 4.69) is 20.1 Å². The standard InChI is InChI=1S/C35H30FN7O2/c1-41-19-27(31(40-41)22-6-8-23(36)9-7-22)25-10-14-37-29-20-43(34(44)30(25)29)18-21-12-16-42(17-13-21)35(45)33-32-26(11-15-38-33)24-4-2-3-5-28(24)39-32/h2-11,14-15,19,21,39H,12-13,16-18,20H2,1H3. The number of hydrogen-bond acceptors (Lipinski definition) is 5. The smallest absolute Gasteiger partial charge is 0.274 e. The minimum absolute atomic E-state index is 0.0461. The predicted octanol–water partition coefficient (Wildman–Crippen LogP) is 5.83. The number of carbonyl (C=O) groups is 2. The fraction of sp³-hybridized carbons (Fsp3) is 0.229. The molecule has 10 heteroatoms. The molecule has 8 rings (SSSR count). The summed E-state index contributed by atoms with van der Waals surface area (Å²) in [6.45, 7) is 2.26. The van der Waals surface area contributed by atoms with Crippen molar-refractivity contribution in [2.75, 3.05) is 19.6 Å². The van der Waals surface area contributed by atoms with E-state index in [1.165, 1.54) is 12.1 Å². The Morgan fingerprint density at radius 2 is 1.73 bits per heavy atom. The van der Waals surface area contributed by atoms with Crippen molar-refractivity contribution in [3.63, 3.8) is 0 Å². The van der Waals surface area contributed by atoms with Gasteiger partial charge in [-0.15, -0.1) is 0 Å². The fourth-order valence-corrected chi connectivity index (χ4v) is 6.87. The normalized spacial score (nSPS) is 15.4. The number of para-hydroxylation sites is 1. The molecule has 0 saturated carbocycles. The number of benzene rings is 2. The van der Waals surface area contributed by atoms with Gasteiger partial charge in [0.25, 0.3) is 11.8 Å². The lowest BCUT2D eigenvalue weighted by Gasteiger charge is -2.33. The molecule has 0 atom stereocenters. The van der Waals surface area contributed by atoms with Crippen LogP contribution in [0.3, 0.4) is 0 Å². The topological polar surface area (TPSA) is 100 Å². The number of aromatic amines is 1. The van der Waals surface area contributed by atoms with Crippen molar-refractivity contribution in [2.24, 2.45) is 13.0 Å². The van der Waals surface area contributed by atoms with Gasteiger partial charge in [-0.25, -0.2) is 9.37 Å². The van der Waals surface area contributed by atoms with Gasteiger partial charge in [-0.1, -0.05) is 18.2 Å². The van der Waals surface area contributed by atoms with Crippen LogP contribution in [0, 0.1) is 11.7 Å². The van der Waals surface area contributed by atoms with Crippen molar-refractivity contribution >= 4 is 33.6 Å². The van der Waals surface area contributed by atoms with Crippen LogP contribution in [0.4, 0.5) is 4.39 Å². The maximum Gasteiger partial charge on any atom is 0.274 e. The quantitative estimate of drug-likeness (QED) is 0.269. The third-order valence-corrected chi connectivity index (χ3v) is 9.12. The van der Waals surface area contributed by atoms with Crippen LogP contribution in [0.15, 0.2) is 79.3 Å². The highest BCUT2D eigenvalue weighted by atomic mass is 19.1. The molecule has 2 aromatic carbocycles. The van der Waals surface area contributed by atoms with Crippen molar-refractivity contribution in [3.8, 4) is 22.4 Å². The first kappa shape index (κ1) is 27.2. The van der Waals surface area contributed by atoms with Crippen LogP contribution in [0.2, 0.25) is 0 Å². The van der Waals surface area contributed by atoms with E-state index in [4.69, 9.17) is 0 Å². The molecule has 45 heavy (non-hydrogen) atoms. The zero-order chi connectivity index (χ0) is 30.7. The monoisotopic (exact) mass is 599 g/mol. The summed E-state index contributed by atoms with van der Waals surface area (Å²) in [6.07, 6.45) is 6.92. The SMILES string of the molecule is Cn1cc(-c2ccnc3c2C(=O)N(CC2CCN(C(=O)c4nccc5c4[nH]c4ccccc45)CC2)C3)c(-c2ccc(F)cc2)n1. The molecule has 2 aliphatic rings. The largest absolute Gasteiger partial charge is 0.353 e. The Labute approximate surface area is 258 Å². The number of pyridine rings is 2. The van der Waals surface area contributed by atoms with Crippen LogP contribution in [-0.4, -0.2) is 66.0 Å². The number of carbonyl (C=O) groups excluding carboxylic acids is 2. The lowest BCUT2D eigenvalue weighted by atomic mass is 9.95. The van der Waals surface area contributed by atoms with Crippen molar-refractivity contribution < 1.29 is 14.0 Å². The van der Waals surface area contributed by atoms with Gasteiger partial charge in [-0.05, 0) is 61.2 Å². The molecule has 0 radical (unpaired) electrons. The van der Waals surface area contributed by atoms with E-state index in [-0.39, 0.29) is 23.5 Å². The van der Waals surface area contributed by atoms with Gasteiger partial charge in [0.1, 0.15) is 11.5 Å². The Bertz CT molecular complexity index is 2110. The van der Waals surface area contributed by atoms with Gasteiger partial charge in [0.2, 0.25) is 0 Å². The van der Waals surface area contributed by atoms with Crippen LogP contribution >= 0.6 is 0 Å². The maximum atomic E-state index is 13.9. The third-order valence-electron chi connectivity index (χ3n) is 9.12. The molecule has 0 bridgehead atoms. The van der Waals surface area contributed by atoms with E-state index in [1.54, 1.807) is 29.2 Å². The molecule has 9 nitrogen and oxygen atoms in total. The maximum absolute atomic E-state index is 13.9. The highest BCUT2D eigenvalue weighted by Gasteiger charge is 2.35. The lowest BCUT2D eigenvalue weighted by molar-refractivity contribution is 0.0617. The molecule has 0 spiro atoms. The molecular weight excluding hydrogens is 569 g/mol. The number of fused-ring (bicyclic) bond motifs is 4. The average Bonchev–Trinajstić information content (AvgIpc) is 3.74. The number of H-pyrrole nitrogens is 1. The zero-order valence-corrected chi connectivity index (χ0v) is 24.7. The molecule has 6 heterocycles. The Hall–Kier alpha value is -5.38. The average molecular weight is 600 g/mol. The van der Waals surface area contributed by atoms with E-state index in [0.29, 0.717) is 43.1 Å². The number of aromatic nitrogens is 5. The number of hydrogen-bond donors (Lipinski definition) is 1. The molecule has 0 aliphatic carbocycles. The fourth-order valence-electron chi connectivity index (χ4n) is 6.87. The molecule has 0 unspecified atom stereocenters. The Morgan fingerprint density at radius 3 is 2.56 bits per heavy atom. The first-order valence-electron chi connectivity index (χ1n) is 15.2. The van der Waals surface area contributed by atoms with Crippen molar-refractivity contribution in [3.05, 3.63) is 102 Å². The number of nitrogens with one attached hydrogen (secondary N) is 1. The molecule has 6 aromatic rings. The molecule has 2 aliphatic heterocycles. The van der Waals surface area contributed by atoms with Crippen LogP contribution in [0.5, 0.6) is 0 Å². The van der Waals surface area contributed by atoms with Gasteiger partial charge in [-0.2, -0.15) is 5.10 Å². The van der Waals surface area contributed by atoms with E-state index in [0.717, 1.165) is 57.0 Å². The molecule has 2 amide bonds. The number of aryl methyl sites for hydroxylation is 1. The minimum Gasteiger partial charge on any atom is -0.353 e.